The molecule has 0 unspecified atom stereocenters. The van der Waals surface area contributed by atoms with Gasteiger partial charge in [0, 0.05) is 27.8 Å². The summed E-state index contributed by atoms with van der Waals surface area (Å²) in [5.41, 5.74) is 2.62. The number of carbonyl (C=O) groups excluding carboxylic acids is 1. The van der Waals surface area contributed by atoms with Crippen LogP contribution in [0.1, 0.15) is 16.7 Å². The Morgan fingerprint density at radius 3 is 2.18 bits per heavy atom. The first-order chi connectivity index (χ1) is 15.7. The van der Waals surface area contributed by atoms with E-state index in [1.54, 1.807) is 54.6 Å². The Balaban J connectivity index is 1.88. The number of sulfonamides is 1. The highest BCUT2D eigenvalue weighted by molar-refractivity contribution is 7.89. The van der Waals surface area contributed by atoms with Crippen molar-refractivity contribution in [1.29, 1.82) is 5.26 Å². The van der Waals surface area contributed by atoms with Crippen LogP contribution in [0.4, 0.5) is 5.69 Å². The van der Waals surface area contributed by atoms with E-state index >= 15 is 0 Å². The third kappa shape index (κ3) is 6.34. The summed E-state index contributed by atoms with van der Waals surface area (Å²) in [4.78, 5) is 12.9. The minimum absolute atomic E-state index is 0.0601. The minimum atomic E-state index is -4.03. The summed E-state index contributed by atoms with van der Waals surface area (Å²) in [6.45, 7) is 1.23. The molecule has 0 radical (unpaired) electrons. The van der Waals surface area contributed by atoms with Gasteiger partial charge in [0.25, 0.3) is 0 Å². The van der Waals surface area contributed by atoms with E-state index in [4.69, 9.17) is 28.5 Å². The molecule has 3 rings (SSSR count). The zero-order valence-electron chi connectivity index (χ0n) is 17.8. The summed E-state index contributed by atoms with van der Waals surface area (Å²) in [7, 11) is -4.03. The fourth-order valence-electron chi connectivity index (χ4n) is 3.10. The normalized spacial score (nSPS) is 11.2. The second-order valence-electron chi connectivity index (χ2n) is 7.37. The number of carbonyl (C=O) groups is 1. The highest BCUT2D eigenvalue weighted by Crippen LogP contribution is 2.28. The Hall–Kier alpha value is -2.89. The summed E-state index contributed by atoms with van der Waals surface area (Å²) in [5.74, 6) is -0.526. The predicted octanol–water partition coefficient (Wildman–Crippen LogP) is 5.20. The molecule has 33 heavy (non-hydrogen) atoms. The lowest BCUT2D eigenvalue weighted by atomic mass is 10.1. The molecule has 0 atom stereocenters. The maximum absolute atomic E-state index is 13.4. The second-order valence-corrected chi connectivity index (χ2v) is 10.1. The van der Waals surface area contributed by atoms with E-state index < -0.39 is 22.5 Å². The molecular formula is C24H21Cl2N3O3S. The lowest BCUT2D eigenvalue weighted by Crippen LogP contribution is -2.37. The number of hydrogen-bond donors (Lipinski definition) is 1. The predicted molar refractivity (Wildman–Crippen MR) is 130 cm³/mol. The molecule has 3 aromatic carbocycles. The lowest BCUT2D eigenvalue weighted by molar-refractivity contribution is -0.116. The van der Waals surface area contributed by atoms with Gasteiger partial charge in [-0.05, 0) is 48.9 Å². The van der Waals surface area contributed by atoms with Crippen molar-refractivity contribution >= 4 is 44.8 Å². The summed E-state index contributed by atoms with van der Waals surface area (Å²) in [5, 5.41) is 12.1. The van der Waals surface area contributed by atoms with Gasteiger partial charge in [0.2, 0.25) is 15.9 Å². The van der Waals surface area contributed by atoms with Crippen LogP contribution in [0.3, 0.4) is 0 Å². The van der Waals surface area contributed by atoms with Crippen molar-refractivity contribution in [3.05, 3.63) is 93.5 Å². The smallest absolute Gasteiger partial charge is 0.243 e. The molecule has 0 aliphatic heterocycles. The number of amides is 1. The monoisotopic (exact) mass is 501 g/mol. The van der Waals surface area contributed by atoms with E-state index in [-0.39, 0.29) is 17.9 Å². The Bertz CT molecular complexity index is 1270. The molecule has 0 spiro atoms. The van der Waals surface area contributed by atoms with Crippen LogP contribution in [0, 0.1) is 18.3 Å². The summed E-state index contributed by atoms with van der Waals surface area (Å²) < 4.78 is 27.9. The number of nitrogens with one attached hydrogen (secondary N) is 1. The average molecular weight is 502 g/mol. The van der Waals surface area contributed by atoms with Crippen molar-refractivity contribution in [2.24, 2.45) is 0 Å². The number of rotatable bonds is 8. The molecule has 0 aliphatic carbocycles. The number of benzene rings is 3. The number of halogens is 2. The molecule has 0 aliphatic rings. The van der Waals surface area contributed by atoms with Crippen LogP contribution >= 0.6 is 23.2 Å². The van der Waals surface area contributed by atoms with Crippen LogP contribution in [0.5, 0.6) is 0 Å². The Kier molecular flexibility index (Phi) is 8.11. The van der Waals surface area contributed by atoms with Crippen LogP contribution in [-0.4, -0.2) is 25.2 Å². The molecule has 3 aromatic rings. The SMILES string of the molecule is Cc1ccc(S(=O)(=O)N(CC(=O)Nc2ccc(CC#N)cc2)Cc2c(Cl)cccc2Cl)cc1. The van der Waals surface area contributed by atoms with Gasteiger partial charge in [-0.2, -0.15) is 9.57 Å². The fourth-order valence-corrected chi connectivity index (χ4v) is 4.98. The quantitative estimate of drug-likeness (QED) is 0.459. The maximum Gasteiger partial charge on any atom is 0.243 e. The van der Waals surface area contributed by atoms with Gasteiger partial charge in [0.1, 0.15) is 0 Å². The van der Waals surface area contributed by atoms with E-state index in [9.17, 15) is 13.2 Å². The van der Waals surface area contributed by atoms with E-state index in [1.165, 1.54) is 12.1 Å². The minimum Gasteiger partial charge on any atom is -0.325 e. The van der Waals surface area contributed by atoms with Crippen molar-refractivity contribution in [3.63, 3.8) is 0 Å². The van der Waals surface area contributed by atoms with E-state index in [1.807, 2.05) is 6.92 Å². The third-order valence-corrected chi connectivity index (χ3v) is 7.41. The van der Waals surface area contributed by atoms with Crippen LogP contribution in [-0.2, 0) is 27.8 Å². The molecule has 0 saturated carbocycles. The summed E-state index contributed by atoms with van der Waals surface area (Å²) >= 11 is 12.5. The Morgan fingerprint density at radius 1 is 1.00 bits per heavy atom. The molecule has 170 valence electrons. The average Bonchev–Trinajstić information content (AvgIpc) is 2.77. The molecule has 9 heteroatoms. The standard InChI is InChI=1S/C24H21Cl2N3O3S/c1-17-5-11-20(12-6-17)33(31,32)29(15-21-22(25)3-2-4-23(21)26)16-24(30)28-19-9-7-18(8-10-19)13-14-27/h2-12H,13,15-16H2,1H3,(H,28,30). The van der Waals surface area contributed by atoms with E-state index in [0.717, 1.165) is 15.4 Å². The van der Waals surface area contributed by atoms with Crippen molar-refractivity contribution < 1.29 is 13.2 Å². The number of nitriles is 1. The Labute approximate surface area is 203 Å². The van der Waals surface area contributed by atoms with Crippen molar-refractivity contribution in [1.82, 2.24) is 4.31 Å². The lowest BCUT2D eigenvalue weighted by Gasteiger charge is -2.23. The van der Waals surface area contributed by atoms with Gasteiger partial charge in [-0.25, -0.2) is 8.42 Å². The van der Waals surface area contributed by atoms with Crippen molar-refractivity contribution in [3.8, 4) is 6.07 Å². The van der Waals surface area contributed by atoms with E-state index in [2.05, 4.69) is 11.4 Å². The van der Waals surface area contributed by atoms with Crippen LogP contribution in [0.2, 0.25) is 10.0 Å². The van der Waals surface area contributed by atoms with Gasteiger partial charge in [-0.3, -0.25) is 4.79 Å². The topological polar surface area (TPSA) is 90.3 Å². The van der Waals surface area contributed by atoms with Gasteiger partial charge in [-0.15, -0.1) is 0 Å². The molecule has 0 fully saturated rings. The van der Waals surface area contributed by atoms with Crippen LogP contribution in [0.25, 0.3) is 0 Å². The molecule has 0 saturated heterocycles. The first kappa shape index (κ1) is 24.7. The number of anilines is 1. The van der Waals surface area contributed by atoms with Gasteiger partial charge < -0.3 is 5.32 Å². The first-order valence-corrected chi connectivity index (χ1v) is 12.2. The van der Waals surface area contributed by atoms with Gasteiger partial charge in [0.05, 0.1) is 23.9 Å². The zero-order chi connectivity index (χ0) is 24.0. The van der Waals surface area contributed by atoms with Gasteiger partial charge in [0.15, 0.2) is 0 Å². The zero-order valence-corrected chi connectivity index (χ0v) is 20.1. The highest BCUT2D eigenvalue weighted by Gasteiger charge is 2.28. The number of nitrogens with zero attached hydrogens (tertiary/aromatic N) is 2. The van der Waals surface area contributed by atoms with Gasteiger partial charge >= 0.3 is 0 Å². The number of aryl methyl sites for hydroxylation is 1. The number of hydrogen-bond acceptors (Lipinski definition) is 4. The molecule has 1 N–H and O–H groups in total. The molecule has 1 amide bonds. The molecule has 0 heterocycles. The van der Waals surface area contributed by atoms with Crippen molar-refractivity contribution in [2.45, 2.75) is 24.8 Å². The largest absolute Gasteiger partial charge is 0.325 e. The van der Waals surface area contributed by atoms with Crippen LogP contribution in [0.15, 0.2) is 71.6 Å². The molecule has 0 aromatic heterocycles. The third-order valence-electron chi connectivity index (χ3n) is 4.90. The fraction of sp³-hybridized carbons (Fsp3) is 0.167. The second kappa shape index (κ2) is 10.8. The Morgan fingerprint density at radius 2 is 1.61 bits per heavy atom. The summed E-state index contributed by atoms with van der Waals surface area (Å²) in [6, 6.07) is 20.1. The molecule has 6 nitrogen and oxygen atoms in total. The van der Waals surface area contributed by atoms with E-state index in [0.29, 0.717) is 21.3 Å². The molecule has 0 bridgehead atoms. The molecular weight excluding hydrogens is 481 g/mol. The van der Waals surface area contributed by atoms with Crippen LogP contribution < -0.4 is 5.32 Å². The highest BCUT2D eigenvalue weighted by atomic mass is 35.5. The maximum atomic E-state index is 13.4. The van der Waals surface area contributed by atoms with Gasteiger partial charge in [-0.1, -0.05) is 59.1 Å². The first-order valence-electron chi connectivity index (χ1n) is 9.96. The van der Waals surface area contributed by atoms with Crippen molar-refractivity contribution in [2.75, 3.05) is 11.9 Å². The summed E-state index contributed by atoms with van der Waals surface area (Å²) in [6.07, 6.45) is 0.259.